The normalized spacial score (nSPS) is 10.6. The quantitative estimate of drug-likeness (QED) is 0.512. The molecule has 0 saturated carbocycles. The minimum Gasteiger partial charge on any atom is -0.494 e. The highest BCUT2D eigenvalue weighted by molar-refractivity contribution is 7.99. The lowest BCUT2D eigenvalue weighted by Gasteiger charge is -2.09. The molecule has 8 heteroatoms. The van der Waals surface area contributed by atoms with Crippen LogP contribution in [0.15, 0.2) is 47.1 Å². The van der Waals surface area contributed by atoms with Gasteiger partial charge in [0.15, 0.2) is 0 Å². The van der Waals surface area contributed by atoms with Crippen LogP contribution < -0.4 is 14.8 Å². The van der Waals surface area contributed by atoms with Crippen LogP contribution in [0.2, 0.25) is 0 Å². The SMILES string of the molecule is CCOc1ccc(Oc2cc(CNC(=O)CSCc3c(C)noc3C)ccn2)cc1. The molecular weight excluding hydrogens is 402 g/mol. The Kier molecular flexibility index (Phi) is 7.73. The van der Waals surface area contributed by atoms with Crippen LogP contribution in [0.3, 0.4) is 0 Å². The summed E-state index contributed by atoms with van der Waals surface area (Å²) in [5.41, 5.74) is 2.84. The highest BCUT2D eigenvalue weighted by atomic mass is 32.2. The maximum atomic E-state index is 12.1. The molecule has 3 rings (SSSR count). The second-order valence-corrected chi connectivity index (χ2v) is 7.57. The van der Waals surface area contributed by atoms with Gasteiger partial charge in [-0.05, 0) is 56.7 Å². The first-order chi connectivity index (χ1) is 14.5. The van der Waals surface area contributed by atoms with E-state index < -0.39 is 0 Å². The molecule has 158 valence electrons. The summed E-state index contributed by atoms with van der Waals surface area (Å²) < 4.78 is 16.4. The Hall–Kier alpha value is -3.00. The zero-order valence-electron chi connectivity index (χ0n) is 17.3. The molecule has 30 heavy (non-hydrogen) atoms. The molecule has 0 aliphatic carbocycles. The monoisotopic (exact) mass is 427 g/mol. The maximum Gasteiger partial charge on any atom is 0.230 e. The van der Waals surface area contributed by atoms with Gasteiger partial charge >= 0.3 is 0 Å². The fraction of sp³-hybridized carbons (Fsp3) is 0.318. The molecule has 3 aromatic rings. The third kappa shape index (κ3) is 6.25. The van der Waals surface area contributed by atoms with Gasteiger partial charge in [0, 0.05) is 30.1 Å². The van der Waals surface area contributed by atoms with Crippen molar-refractivity contribution in [1.82, 2.24) is 15.5 Å². The molecule has 1 aromatic carbocycles. The summed E-state index contributed by atoms with van der Waals surface area (Å²) in [5.74, 6) is 3.77. The van der Waals surface area contributed by atoms with E-state index in [2.05, 4.69) is 15.5 Å². The van der Waals surface area contributed by atoms with Gasteiger partial charge in [-0.1, -0.05) is 5.16 Å². The number of rotatable bonds is 10. The van der Waals surface area contributed by atoms with E-state index in [1.807, 2.05) is 57.2 Å². The zero-order valence-corrected chi connectivity index (χ0v) is 18.1. The Bertz CT molecular complexity index is 953. The first-order valence-electron chi connectivity index (χ1n) is 9.67. The van der Waals surface area contributed by atoms with E-state index in [4.69, 9.17) is 14.0 Å². The molecule has 0 saturated heterocycles. The minimum atomic E-state index is -0.0300. The van der Waals surface area contributed by atoms with Crippen LogP contribution in [0.1, 0.15) is 29.5 Å². The molecule has 0 fully saturated rings. The predicted molar refractivity (Wildman–Crippen MR) is 116 cm³/mol. The Morgan fingerprint density at radius 2 is 1.93 bits per heavy atom. The number of hydrogen-bond donors (Lipinski definition) is 1. The highest BCUT2D eigenvalue weighted by Gasteiger charge is 2.10. The van der Waals surface area contributed by atoms with E-state index in [0.717, 1.165) is 28.3 Å². The van der Waals surface area contributed by atoms with Crippen molar-refractivity contribution in [2.75, 3.05) is 12.4 Å². The van der Waals surface area contributed by atoms with E-state index in [1.54, 1.807) is 6.20 Å². The molecule has 0 unspecified atom stereocenters. The summed E-state index contributed by atoms with van der Waals surface area (Å²) in [5, 5.41) is 6.85. The summed E-state index contributed by atoms with van der Waals surface area (Å²) >= 11 is 1.53. The molecular formula is C22H25N3O4S. The summed E-state index contributed by atoms with van der Waals surface area (Å²) in [6, 6.07) is 11.0. The molecule has 1 amide bonds. The molecule has 0 aliphatic heterocycles. The van der Waals surface area contributed by atoms with Crippen molar-refractivity contribution in [1.29, 1.82) is 0 Å². The Morgan fingerprint density at radius 3 is 2.63 bits per heavy atom. The second kappa shape index (κ2) is 10.7. The van der Waals surface area contributed by atoms with Crippen LogP contribution in [0.25, 0.3) is 0 Å². The number of nitrogens with one attached hydrogen (secondary N) is 1. The number of carbonyl (C=O) groups excluding carboxylic acids is 1. The number of thioether (sulfide) groups is 1. The summed E-state index contributed by atoms with van der Waals surface area (Å²) in [6.07, 6.45) is 1.66. The summed E-state index contributed by atoms with van der Waals surface area (Å²) in [6.45, 7) is 6.76. The average Bonchev–Trinajstić information content (AvgIpc) is 3.06. The first-order valence-corrected chi connectivity index (χ1v) is 10.8. The average molecular weight is 428 g/mol. The van der Waals surface area contributed by atoms with Crippen molar-refractivity contribution in [3.63, 3.8) is 0 Å². The molecule has 7 nitrogen and oxygen atoms in total. The standard InChI is InChI=1S/C22H25N3O4S/c1-4-27-18-5-7-19(8-6-18)28-22-11-17(9-10-23-22)12-24-21(26)14-30-13-20-15(2)25-29-16(20)3/h5-11H,4,12-14H2,1-3H3,(H,24,26). The molecule has 0 aliphatic rings. The fourth-order valence-corrected chi connectivity index (χ4v) is 3.72. The summed E-state index contributed by atoms with van der Waals surface area (Å²) in [7, 11) is 0. The Labute approximate surface area is 180 Å². The van der Waals surface area contributed by atoms with Gasteiger partial charge in [-0.15, -0.1) is 11.8 Å². The van der Waals surface area contributed by atoms with Gasteiger partial charge in [-0.25, -0.2) is 4.98 Å². The van der Waals surface area contributed by atoms with Crippen molar-refractivity contribution in [2.24, 2.45) is 0 Å². The van der Waals surface area contributed by atoms with Crippen LogP contribution in [-0.2, 0) is 17.1 Å². The van der Waals surface area contributed by atoms with Crippen molar-refractivity contribution in [3.05, 3.63) is 65.2 Å². The van der Waals surface area contributed by atoms with Gasteiger partial charge in [-0.2, -0.15) is 0 Å². The van der Waals surface area contributed by atoms with Crippen molar-refractivity contribution in [3.8, 4) is 17.4 Å². The number of amides is 1. The Balaban J connectivity index is 1.46. The number of benzene rings is 1. The lowest BCUT2D eigenvalue weighted by Crippen LogP contribution is -2.24. The van der Waals surface area contributed by atoms with Crippen molar-refractivity contribution in [2.45, 2.75) is 33.1 Å². The van der Waals surface area contributed by atoms with Gasteiger partial charge in [-0.3, -0.25) is 4.79 Å². The van der Waals surface area contributed by atoms with Crippen molar-refractivity contribution >= 4 is 17.7 Å². The fourth-order valence-electron chi connectivity index (χ4n) is 2.71. The number of hydrogen-bond acceptors (Lipinski definition) is 7. The number of aromatic nitrogens is 2. The number of carbonyl (C=O) groups is 1. The first kappa shape index (κ1) is 21.7. The van der Waals surface area contributed by atoms with E-state index in [-0.39, 0.29) is 5.91 Å². The van der Waals surface area contributed by atoms with E-state index >= 15 is 0 Å². The third-order valence-corrected chi connectivity index (χ3v) is 5.27. The molecule has 0 spiro atoms. The Morgan fingerprint density at radius 1 is 1.17 bits per heavy atom. The van der Waals surface area contributed by atoms with Gasteiger partial charge in [0.1, 0.15) is 17.3 Å². The molecule has 2 heterocycles. The zero-order chi connectivity index (χ0) is 21.3. The van der Waals surface area contributed by atoms with E-state index in [0.29, 0.717) is 36.3 Å². The topological polar surface area (TPSA) is 86.5 Å². The molecule has 1 N–H and O–H groups in total. The molecule has 0 radical (unpaired) electrons. The summed E-state index contributed by atoms with van der Waals surface area (Å²) in [4.78, 5) is 16.4. The lowest BCUT2D eigenvalue weighted by molar-refractivity contribution is -0.118. The second-order valence-electron chi connectivity index (χ2n) is 6.58. The van der Waals surface area contributed by atoms with E-state index in [1.165, 1.54) is 11.8 Å². The number of ether oxygens (including phenoxy) is 2. The number of pyridine rings is 1. The van der Waals surface area contributed by atoms with Gasteiger partial charge in [0.25, 0.3) is 0 Å². The highest BCUT2D eigenvalue weighted by Crippen LogP contribution is 2.23. The van der Waals surface area contributed by atoms with Crippen LogP contribution in [-0.4, -0.2) is 28.4 Å². The molecule has 0 atom stereocenters. The van der Waals surface area contributed by atoms with Crippen molar-refractivity contribution < 1.29 is 18.8 Å². The van der Waals surface area contributed by atoms with Crippen LogP contribution in [0, 0.1) is 13.8 Å². The minimum absolute atomic E-state index is 0.0300. The molecule has 2 aromatic heterocycles. The predicted octanol–water partition coefficient (Wildman–Crippen LogP) is 4.43. The molecule has 0 bridgehead atoms. The van der Waals surface area contributed by atoms with Crippen LogP contribution in [0.5, 0.6) is 17.4 Å². The lowest BCUT2D eigenvalue weighted by atomic mass is 10.2. The number of aryl methyl sites for hydroxylation is 2. The van der Waals surface area contributed by atoms with Gasteiger partial charge in [0.05, 0.1) is 18.1 Å². The van der Waals surface area contributed by atoms with Gasteiger partial charge in [0.2, 0.25) is 11.8 Å². The smallest absolute Gasteiger partial charge is 0.230 e. The van der Waals surface area contributed by atoms with E-state index in [9.17, 15) is 4.79 Å². The third-order valence-electron chi connectivity index (χ3n) is 4.31. The maximum absolute atomic E-state index is 12.1. The van der Waals surface area contributed by atoms with Crippen LogP contribution in [0.4, 0.5) is 0 Å². The number of nitrogens with zero attached hydrogens (tertiary/aromatic N) is 2. The van der Waals surface area contributed by atoms with Gasteiger partial charge < -0.3 is 19.3 Å². The largest absolute Gasteiger partial charge is 0.494 e. The van der Waals surface area contributed by atoms with Crippen LogP contribution >= 0.6 is 11.8 Å².